The first-order chi connectivity index (χ1) is 4.31. The van der Waals surface area contributed by atoms with Crippen LogP contribution in [0.3, 0.4) is 0 Å². The average Bonchev–Trinajstić information content (AvgIpc) is 1.89. The van der Waals surface area contributed by atoms with Gasteiger partial charge in [0.15, 0.2) is 0 Å². The summed E-state index contributed by atoms with van der Waals surface area (Å²) < 4.78 is 0. The predicted molar refractivity (Wildman–Crippen MR) is 41.1 cm³/mol. The largest absolute Gasteiger partial charge is 0.375 e. The molecule has 0 heterocycles. The molecule has 0 aromatic heterocycles. The highest BCUT2D eigenvalue weighted by Crippen LogP contribution is 1.83. The van der Waals surface area contributed by atoms with Crippen LogP contribution in [0.15, 0.2) is 12.4 Å². The average molecular weight is 128 g/mol. The number of nitrogens with one attached hydrogen (secondary N) is 2. The van der Waals surface area contributed by atoms with Crippen LogP contribution in [0.5, 0.6) is 0 Å². The molecule has 0 saturated carbocycles. The first-order valence-corrected chi connectivity index (χ1v) is 3.41. The molecule has 2 N–H and O–H groups in total. The Kier molecular flexibility index (Phi) is 5.07. The van der Waals surface area contributed by atoms with Gasteiger partial charge in [0, 0.05) is 13.6 Å². The molecule has 0 unspecified atom stereocenters. The third-order valence-corrected chi connectivity index (χ3v) is 1.17. The third kappa shape index (κ3) is 5.21. The maximum absolute atomic E-state index is 3.72. The lowest BCUT2D eigenvalue weighted by Crippen LogP contribution is -2.22. The zero-order valence-electron chi connectivity index (χ0n) is 6.33. The molecule has 0 aliphatic heterocycles. The van der Waals surface area contributed by atoms with Crippen LogP contribution in [0.4, 0.5) is 0 Å². The van der Waals surface area contributed by atoms with Gasteiger partial charge in [-0.05, 0) is 6.42 Å². The van der Waals surface area contributed by atoms with Crippen molar-refractivity contribution in [3.8, 4) is 0 Å². The van der Waals surface area contributed by atoms with Crippen molar-refractivity contribution in [2.45, 2.75) is 19.8 Å². The highest BCUT2D eigenvalue weighted by molar-refractivity contribution is 4.84. The Bertz CT molecular complexity index is 79.0. The van der Waals surface area contributed by atoms with Gasteiger partial charge < -0.3 is 10.6 Å². The molecule has 2 nitrogen and oxygen atoms in total. The fraction of sp³-hybridized carbons (Fsp3) is 0.714. The van der Waals surface area contributed by atoms with E-state index in [9.17, 15) is 0 Å². The molecule has 0 aliphatic rings. The highest BCUT2D eigenvalue weighted by atomic mass is 15.1. The minimum absolute atomic E-state index is 0.906. The first kappa shape index (κ1) is 8.34. The second-order valence-electron chi connectivity index (χ2n) is 2.01. The van der Waals surface area contributed by atoms with Gasteiger partial charge in [-0.3, -0.25) is 0 Å². The van der Waals surface area contributed by atoms with Crippen LogP contribution in [0.2, 0.25) is 0 Å². The molecular weight excluding hydrogens is 112 g/mol. The van der Waals surface area contributed by atoms with Crippen molar-refractivity contribution in [3.05, 3.63) is 12.4 Å². The lowest BCUT2D eigenvalue weighted by Gasteiger charge is -2.06. The maximum Gasteiger partial charge on any atom is 0.0909 e. The van der Waals surface area contributed by atoms with Crippen LogP contribution in [-0.4, -0.2) is 13.6 Å². The smallest absolute Gasteiger partial charge is 0.0909 e. The van der Waals surface area contributed by atoms with Crippen LogP contribution in [0.25, 0.3) is 0 Å². The molecular formula is C7H16N2. The number of hydrogen-bond donors (Lipinski definition) is 2. The van der Waals surface area contributed by atoms with E-state index in [-0.39, 0.29) is 0 Å². The molecule has 0 rings (SSSR count). The molecule has 0 radical (unpaired) electrons. The molecule has 0 amide bonds. The first-order valence-electron chi connectivity index (χ1n) is 3.41. The van der Waals surface area contributed by atoms with Crippen molar-refractivity contribution < 1.29 is 0 Å². The normalized spacial score (nSPS) is 8.67. The van der Waals surface area contributed by atoms with Gasteiger partial charge in [-0.15, -0.1) is 0 Å². The van der Waals surface area contributed by atoms with Gasteiger partial charge in [0.2, 0.25) is 0 Å². The fourth-order valence-corrected chi connectivity index (χ4v) is 0.504. The number of hydrogen-bond acceptors (Lipinski definition) is 2. The Balaban J connectivity index is 2.97. The summed E-state index contributed by atoms with van der Waals surface area (Å²) in [6.45, 7) is 6.92. The van der Waals surface area contributed by atoms with Gasteiger partial charge in [0.25, 0.3) is 0 Å². The molecule has 0 aliphatic carbocycles. The van der Waals surface area contributed by atoms with E-state index in [1.165, 1.54) is 12.8 Å². The van der Waals surface area contributed by atoms with Gasteiger partial charge in [-0.2, -0.15) is 0 Å². The summed E-state index contributed by atoms with van der Waals surface area (Å²) in [5.74, 6) is 0.906. The van der Waals surface area contributed by atoms with Crippen LogP contribution >= 0.6 is 0 Å². The highest BCUT2D eigenvalue weighted by Gasteiger charge is 1.84. The number of unbranched alkanes of at least 4 members (excludes halogenated alkanes) is 1. The van der Waals surface area contributed by atoms with Crippen LogP contribution in [0, 0.1) is 0 Å². The van der Waals surface area contributed by atoms with Crippen molar-refractivity contribution in [1.29, 1.82) is 0 Å². The standard InChI is InChI=1S/C7H16N2/c1-4-5-6-9-7(2)8-3/h8-9H,2,4-6H2,1,3H3. The maximum atomic E-state index is 3.72. The Morgan fingerprint density at radius 1 is 1.56 bits per heavy atom. The van der Waals surface area contributed by atoms with Gasteiger partial charge in [0.05, 0.1) is 5.82 Å². The molecule has 2 heteroatoms. The lowest BCUT2D eigenvalue weighted by molar-refractivity contribution is 0.679. The Hall–Kier alpha value is -0.660. The van der Waals surface area contributed by atoms with Crippen molar-refractivity contribution >= 4 is 0 Å². The molecule has 0 atom stereocenters. The van der Waals surface area contributed by atoms with E-state index in [1.54, 1.807) is 0 Å². The second-order valence-corrected chi connectivity index (χ2v) is 2.01. The predicted octanol–water partition coefficient (Wildman–Crippen LogP) is 1.07. The molecule has 0 aromatic rings. The van der Waals surface area contributed by atoms with Crippen molar-refractivity contribution in [1.82, 2.24) is 10.6 Å². The molecule has 0 aromatic carbocycles. The molecule has 0 spiro atoms. The van der Waals surface area contributed by atoms with Crippen molar-refractivity contribution in [2.75, 3.05) is 13.6 Å². The quantitative estimate of drug-likeness (QED) is 0.541. The summed E-state index contributed by atoms with van der Waals surface area (Å²) in [4.78, 5) is 0. The second kappa shape index (κ2) is 5.48. The SMILES string of the molecule is C=C(NC)NCCCC. The van der Waals surface area contributed by atoms with E-state index >= 15 is 0 Å². The minimum atomic E-state index is 0.906. The molecule has 0 bridgehead atoms. The molecule has 0 saturated heterocycles. The lowest BCUT2D eigenvalue weighted by atomic mass is 10.3. The van der Waals surface area contributed by atoms with Gasteiger partial charge in [-0.1, -0.05) is 19.9 Å². The van der Waals surface area contributed by atoms with E-state index in [4.69, 9.17) is 0 Å². The summed E-state index contributed by atoms with van der Waals surface area (Å²) in [5, 5.41) is 6.05. The Morgan fingerprint density at radius 2 is 2.22 bits per heavy atom. The van der Waals surface area contributed by atoms with Crippen LogP contribution in [-0.2, 0) is 0 Å². The Morgan fingerprint density at radius 3 is 2.67 bits per heavy atom. The third-order valence-electron chi connectivity index (χ3n) is 1.17. The van der Waals surface area contributed by atoms with E-state index in [2.05, 4.69) is 24.1 Å². The molecule has 9 heavy (non-hydrogen) atoms. The monoisotopic (exact) mass is 128 g/mol. The van der Waals surface area contributed by atoms with Gasteiger partial charge in [-0.25, -0.2) is 0 Å². The summed E-state index contributed by atoms with van der Waals surface area (Å²) in [6.07, 6.45) is 2.44. The van der Waals surface area contributed by atoms with Gasteiger partial charge >= 0.3 is 0 Å². The topological polar surface area (TPSA) is 24.1 Å². The summed E-state index contributed by atoms with van der Waals surface area (Å²) in [6, 6.07) is 0. The summed E-state index contributed by atoms with van der Waals surface area (Å²) in [5.41, 5.74) is 0. The minimum Gasteiger partial charge on any atom is -0.375 e. The number of rotatable bonds is 5. The van der Waals surface area contributed by atoms with Crippen molar-refractivity contribution in [3.63, 3.8) is 0 Å². The molecule has 54 valence electrons. The van der Waals surface area contributed by atoms with E-state index < -0.39 is 0 Å². The summed E-state index contributed by atoms with van der Waals surface area (Å²) in [7, 11) is 1.86. The Labute approximate surface area is 57.3 Å². The zero-order chi connectivity index (χ0) is 7.11. The zero-order valence-corrected chi connectivity index (χ0v) is 6.33. The summed E-state index contributed by atoms with van der Waals surface area (Å²) >= 11 is 0. The van der Waals surface area contributed by atoms with Crippen LogP contribution < -0.4 is 10.6 Å². The van der Waals surface area contributed by atoms with E-state index in [0.717, 1.165) is 12.4 Å². The molecule has 0 fully saturated rings. The van der Waals surface area contributed by atoms with E-state index in [1.807, 2.05) is 7.05 Å². The van der Waals surface area contributed by atoms with Gasteiger partial charge in [0.1, 0.15) is 0 Å². The van der Waals surface area contributed by atoms with E-state index in [0.29, 0.717) is 0 Å². The fourth-order valence-electron chi connectivity index (χ4n) is 0.504. The van der Waals surface area contributed by atoms with Crippen molar-refractivity contribution in [2.24, 2.45) is 0 Å². The van der Waals surface area contributed by atoms with Crippen LogP contribution in [0.1, 0.15) is 19.8 Å².